The van der Waals surface area contributed by atoms with Crippen molar-refractivity contribution in [3.05, 3.63) is 48.0 Å². The Morgan fingerprint density at radius 3 is 2.00 bits per heavy atom. The molecule has 0 heterocycles. The average Bonchev–Trinajstić information content (AvgIpc) is 2.59. The second kappa shape index (κ2) is 7.93. The Bertz CT molecular complexity index is 624. The molecule has 0 aliphatic heterocycles. The lowest BCUT2D eigenvalue weighted by atomic mass is 10.2. The summed E-state index contributed by atoms with van der Waals surface area (Å²) in [4.78, 5) is 10.7. The maximum Gasteiger partial charge on any atom is 0.161 e. The van der Waals surface area contributed by atoms with Gasteiger partial charge in [0.05, 0.1) is 14.2 Å². The Kier molecular flexibility index (Phi) is 5.65. The van der Waals surface area contributed by atoms with E-state index in [1.54, 1.807) is 25.3 Å². The van der Waals surface area contributed by atoms with Crippen molar-refractivity contribution in [1.82, 2.24) is 0 Å². The molecule has 0 spiro atoms. The van der Waals surface area contributed by atoms with Gasteiger partial charge in [-0.3, -0.25) is 4.79 Å². The molecule has 0 radical (unpaired) electrons. The molecule has 2 aromatic rings. The van der Waals surface area contributed by atoms with Crippen molar-refractivity contribution in [2.75, 3.05) is 27.4 Å². The van der Waals surface area contributed by atoms with Crippen molar-refractivity contribution in [2.24, 2.45) is 0 Å². The van der Waals surface area contributed by atoms with Gasteiger partial charge in [0.25, 0.3) is 0 Å². The number of ether oxygens (including phenoxy) is 4. The predicted octanol–water partition coefficient (Wildman–Crippen LogP) is 2.97. The first kappa shape index (κ1) is 15.7. The van der Waals surface area contributed by atoms with Gasteiger partial charge >= 0.3 is 0 Å². The van der Waals surface area contributed by atoms with Crippen LogP contribution < -0.4 is 18.9 Å². The molecular weight excluding hydrogens is 284 g/mol. The van der Waals surface area contributed by atoms with Gasteiger partial charge in [-0.1, -0.05) is 12.1 Å². The Morgan fingerprint density at radius 2 is 1.41 bits per heavy atom. The molecule has 0 saturated heterocycles. The molecule has 22 heavy (non-hydrogen) atoms. The highest BCUT2D eigenvalue weighted by molar-refractivity contribution is 5.76. The maximum atomic E-state index is 10.7. The number of carbonyl (C=O) groups is 1. The molecule has 116 valence electrons. The number of methoxy groups -OCH3 is 2. The number of aldehydes is 1. The lowest BCUT2D eigenvalue weighted by Crippen LogP contribution is -2.10. The Morgan fingerprint density at radius 1 is 0.818 bits per heavy atom. The van der Waals surface area contributed by atoms with E-state index in [0.29, 0.717) is 41.8 Å². The summed E-state index contributed by atoms with van der Waals surface area (Å²) < 4.78 is 21.6. The van der Waals surface area contributed by atoms with Crippen LogP contribution in [0.3, 0.4) is 0 Å². The van der Waals surface area contributed by atoms with E-state index in [1.165, 1.54) is 7.11 Å². The summed E-state index contributed by atoms with van der Waals surface area (Å²) in [6.45, 7) is 0.702. The van der Waals surface area contributed by atoms with Crippen LogP contribution in [0.15, 0.2) is 42.5 Å². The van der Waals surface area contributed by atoms with Crippen molar-refractivity contribution in [3.8, 4) is 23.0 Å². The third kappa shape index (κ3) is 3.91. The van der Waals surface area contributed by atoms with Crippen molar-refractivity contribution < 1.29 is 23.7 Å². The van der Waals surface area contributed by atoms with Crippen molar-refractivity contribution in [1.29, 1.82) is 0 Å². The minimum atomic E-state index is 0.342. The van der Waals surface area contributed by atoms with E-state index in [-0.39, 0.29) is 0 Å². The normalized spacial score (nSPS) is 9.91. The standard InChI is InChI=1S/C17H18O5/c1-19-14-5-3-4-6-15(14)21-9-10-22-16-8-7-13(12-18)11-17(16)20-2/h3-8,11-12H,9-10H2,1-2H3. The van der Waals surface area contributed by atoms with Gasteiger partial charge in [-0.05, 0) is 30.3 Å². The van der Waals surface area contributed by atoms with E-state index in [4.69, 9.17) is 18.9 Å². The first-order valence-corrected chi connectivity index (χ1v) is 6.80. The lowest BCUT2D eigenvalue weighted by Gasteiger charge is -2.13. The van der Waals surface area contributed by atoms with Crippen LogP contribution >= 0.6 is 0 Å². The minimum absolute atomic E-state index is 0.342. The molecule has 0 fully saturated rings. The van der Waals surface area contributed by atoms with E-state index in [0.717, 1.165) is 6.29 Å². The number of carbonyl (C=O) groups excluding carboxylic acids is 1. The highest BCUT2D eigenvalue weighted by Crippen LogP contribution is 2.28. The van der Waals surface area contributed by atoms with Crippen LogP contribution in [-0.2, 0) is 0 Å². The SMILES string of the molecule is COc1ccccc1OCCOc1ccc(C=O)cc1OC. The zero-order valence-electron chi connectivity index (χ0n) is 12.6. The predicted molar refractivity (Wildman–Crippen MR) is 82.4 cm³/mol. The van der Waals surface area contributed by atoms with Gasteiger partial charge in [0.2, 0.25) is 0 Å². The van der Waals surface area contributed by atoms with Crippen LogP contribution in [0.25, 0.3) is 0 Å². The molecule has 0 aliphatic rings. The van der Waals surface area contributed by atoms with Crippen molar-refractivity contribution >= 4 is 6.29 Å². The molecule has 0 saturated carbocycles. The molecule has 2 rings (SSSR count). The summed E-state index contributed by atoms with van der Waals surface area (Å²) in [6.07, 6.45) is 0.761. The summed E-state index contributed by atoms with van der Waals surface area (Å²) >= 11 is 0. The molecule has 0 bridgehead atoms. The van der Waals surface area contributed by atoms with Gasteiger partial charge in [-0.15, -0.1) is 0 Å². The summed E-state index contributed by atoms with van der Waals surface area (Å²) in [5, 5.41) is 0. The molecule has 5 heteroatoms. The zero-order valence-corrected chi connectivity index (χ0v) is 12.6. The minimum Gasteiger partial charge on any atom is -0.493 e. The zero-order chi connectivity index (χ0) is 15.8. The summed E-state index contributed by atoms with van der Waals surface area (Å²) in [6, 6.07) is 12.4. The van der Waals surface area contributed by atoms with Gasteiger partial charge in [0, 0.05) is 5.56 Å². The van der Waals surface area contributed by atoms with Crippen LogP contribution in [0, 0.1) is 0 Å². The third-order valence-corrected chi connectivity index (χ3v) is 2.99. The molecule has 5 nitrogen and oxygen atoms in total. The van der Waals surface area contributed by atoms with Crippen LogP contribution in [0.1, 0.15) is 10.4 Å². The van der Waals surface area contributed by atoms with Crippen LogP contribution in [0.4, 0.5) is 0 Å². The Labute approximate surface area is 129 Å². The first-order valence-electron chi connectivity index (χ1n) is 6.80. The highest BCUT2D eigenvalue weighted by Gasteiger charge is 2.06. The molecule has 0 amide bonds. The fourth-order valence-corrected chi connectivity index (χ4v) is 1.92. The number of benzene rings is 2. The van der Waals surface area contributed by atoms with Gasteiger partial charge in [0.15, 0.2) is 23.0 Å². The quantitative estimate of drug-likeness (QED) is 0.554. The molecule has 0 atom stereocenters. The smallest absolute Gasteiger partial charge is 0.161 e. The average molecular weight is 302 g/mol. The van der Waals surface area contributed by atoms with E-state index in [2.05, 4.69) is 0 Å². The molecule has 0 aliphatic carbocycles. The summed E-state index contributed by atoms with van der Waals surface area (Å²) in [7, 11) is 3.13. The van der Waals surface area contributed by atoms with Crippen molar-refractivity contribution in [2.45, 2.75) is 0 Å². The second-order valence-corrected chi connectivity index (χ2v) is 4.38. The van der Waals surface area contributed by atoms with Crippen LogP contribution in [-0.4, -0.2) is 33.7 Å². The third-order valence-electron chi connectivity index (χ3n) is 2.99. The fourth-order valence-electron chi connectivity index (χ4n) is 1.92. The summed E-state index contributed by atoms with van der Waals surface area (Å²) in [5.74, 6) is 2.42. The van der Waals surface area contributed by atoms with Gasteiger partial charge in [-0.25, -0.2) is 0 Å². The number of hydrogen-bond acceptors (Lipinski definition) is 5. The van der Waals surface area contributed by atoms with Crippen molar-refractivity contribution in [3.63, 3.8) is 0 Å². The molecule has 0 unspecified atom stereocenters. The van der Waals surface area contributed by atoms with Gasteiger partial charge in [-0.2, -0.15) is 0 Å². The second-order valence-electron chi connectivity index (χ2n) is 4.38. The van der Waals surface area contributed by atoms with Crippen LogP contribution in [0.5, 0.6) is 23.0 Å². The first-order chi connectivity index (χ1) is 10.8. The molecule has 2 aromatic carbocycles. The lowest BCUT2D eigenvalue weighted by molar-refractivity contribution is 0.112. The number of para-hydroxylation sites is 2. The highest BCUT2D eigenvalue weighted by atomic mass is 16.5. The topological polar surface area (TPSA) is 54.0 Å². The van der Waals surface area contributed by atoms with Gasteiger partial charge in [0.1, 0.15) is 19.5 Å². The van der Waals surface area contributed by atoms with E-state index in [9.17, 15) is 4.79 Å². The number of rotatable bonds is 8. The Balaban J connectivity index is 1.90. The maximum absolute atomic E-state index is 10.7. The molecule has 0 aromatic heterocycles. The monoisotopic (exact) mass is 302 g/mol. The van der Waals surface area contributed by atoms with E-state index in [1.807, 2.05) is 24.3 Å². The Hall–Kier alpha value is -2.69. The van der Waals surface area contributed by atoms with E-state index >= 15 is 0 Å². The summed E-state index contributed by atoms with van der Waals surface area (Å²) in [5.41, 5.74) is 0.537. The molecular formula is C17H18O5. The van der Waals surface area contributed by atoms with Gasteiger partial charge < -0.3 is 18.9 Å². The fraction of sp³-hybridized carbons (Fsp3) is 0.235. The van der Waals surface area contributed by atoms with E-state index < -0.39 is 0 Å². The molecule has 0 N–H and O–H groups in total. The van der Waals surface area contributed by atoms with Crippen LogP contribution in [0.2, 0.25) is 0 Å². The number of hydrogen-bond donors (Lipinski definition) is 0. The largest absolute Gasteiger partial charge is 0.493 e.